The molecule has 0 aliphatic heterocycles. The Hall–Kier alpha value is -3.08. The number of nitrogens with zero attached hydrogens (tertiary/aromatic N) is 3. The number of carbonyl (C=O) groups excluding carboxylic acids is 1. The van der Waals surface area contributed by atoms with Crippen LogP contribution in [0.3, 0.4) is 0 Å². The minimum atomic E-state index is -3.74. The highest BCUT2D eigenvalue weighted by Crippen LogP contribution is 2.17. The number of benzene rings is 1. The molecule has 0 saturated carbocycles. The summed E-state index contributed by atoms with van der Waals surface area (Å²) < 4.78 is 33.9. The Bertz CT molecular complexity index is 1130. The van der Waals surface area contributed by atoms with E-state index in [0.29, 0.717) is 17.9 Å². The molecule has 164 valence electrons. The fourth-order valence-electron chi connectivity index (χ4n) is 2.90. The molecule has 0 unspecified atom stereocenters. The van der Waals surface area contributed by atoms with Gasteiger partial charge in [0.25, 0.3) is 5.91 Å². The second-order valence-electron chi connectivity index (χ2n) is 6.89. The Morgan fingerprint density at radius 3 is 2.68 bits per heavy atom. The number of aromatic nitrogens is 3. The van der Waals surface area contributed by atoms with Gasteiger partial charge in [0.1, 0.15) is 0 Å². The van der Waals surface area contributed by atoms with Gasteiger partial charge in [0.2, 0.25) is 10.0 Å². The van der Waals surface area contributed by atoms with Crippen LogP contribution in [0.5, 0.6) is 0 Å². The lowest BCUT2D eigenvalue weighted by Crippen LogP contribution is -2.27. The minimum absolute atomic E-state index is 0.0160. The van der Waals surface area contributed by atoms with Gasteiger partial charge in [-0.3, -0.25) is 14.5 Å². The first-order chi connectivity index (χ1) is 14.9. The zero-order valence-corrected chi connectivity index (χ0v) is 18.2. The zero-order valence-electron chi connectivity index (χ0n) is 17.4. The van der Waals surface area contributed by atoms with Gasteiger partial charge in [-0.15, -0.1) is 0 Å². The fraction of sp³-hybridized carbons (Fsp3) is 0.286. The molecule has 0 atom stereocenters. The van der Waals surface area contributed by atoms with E-state index in [9.17, 15) is 13.2 Å². The van der Waals surface area contributed by atoms with Gasteiger partial charge >= 0.3 is 0 Å². The molecular weight excluding hydrogens is 418 g/mol. The van der Waals surface area contributed by atoms with Gasteiger partial charge in [0, 0.05) is 50.4 Å². The molecule has 9 nitrogen and oxygen atoms in total. The molecule has 10 heteroatoms. The highest BCUT2D eigenvalue weighted by atomic mass is 32.2. The monoisotopic (exact) mass is 443 g/mol. The third kappa shape index (κ3) is 6.20. The highest BCUT2D eigenvalue weighted by molar-refractivity contribution is 7.89. The first-order valence-corrected chi connectivity index (χ1v) is 11.2. The van der Waals surface area contributed by atoms with Crippen molar-refractivity contribution in [3.05, 3.63) is 71.7 Å². The standard InChI is InChI=1S/C21H25N5O4S/c1-16-3-4-18(31(28,29)23-11-14-30-2)15-19(16)21(27)24-20-8-13-26(25-20)12-7-17-5-9-22-10-6-17/h3-6,8-10,13,15,23H,7,11-12,14H2,1-2H3,(H,24,25,27). The maximum Gasteiger partial charge on any atom is 0.257 e. The van der Waals surface area contributed by atoms with E-state index in [4.69, 9.17) is 4.74 Å². The van der Waals surface area contributed by atoms with E-state index in [2.05, 4.69) is 20.1 Å². The molecule has 3 rings (SSSR count). The molecule has 0 spiro atoms. The number of amides is 1. The molecule has 2 heterocycles. The Morgan fingerprint density at radius 1 is 1.16 bits per heavy atom. The van der Waals surface area contributed by atoms with Crippen LogP contribution in [-0.2, 0) is 27.7 Å². The summed E-state index contributed by atoms with van der Waals surface area (Å²) in [6.07, 6.45) is 6.05. The first kappa shape index (κ1) is 22.6. The third-order valence-corrected chi connectivity index (χ3v) is 6.08. The number of hydrogen-bond acceptors (Lipinski definition) is 6. The van der Waals surface area contributed by atoms with E-state index >= 15 is 0 Å². The SMILES string of the molecule is COCCNS(=O)(=O)c1ccc(C)c(C(=O)Nc2ccn(CCc3ccncc3)n2)c1. The molecule has 31 heavy (non-hydrogen) atoms. The van der Waals surface area contributed by atoms with Crippen molar-refractivity contribution in [1.29, 1.82) is 0 Å². The molecule has 1 amide bonds. The summed E-state index contributed by atoms with van der Waals surface area (Å²) in [6.45, 7) is 2.80. The normalized spacial score (nSPS) is 11.4. The Kier molecular flexibility index (Phi) is 7.50. The number of aryl methyl sites for hydroxylation is 3. The van der Waals surface area contributed by atoms with Gasteiger partial charge in [-0.05, 0) is 48.7 Å². The summed E-state index contributed by atoms with van der Waals surface area (Å²) in [4.78, 5) is 16.8. The number of carbonyl (C=O) groups is 1. The minimum Gasteiger partial charge on any atom is -0.383 e. The number of ether oxygens (including phenoxy) is 1. The zero-order chi connectivity index (χ0) is 22.3. The molecule has 2 aromatic heterocycles. The van der Waals surface area contributed by atoms with Crippen LogP contribution in [0.25, 0.3) is 0 Å². The van der Waals surface area contributed by atoms with Gasteiger partial charge in [-0.1, -0.05) is 6.07 Å². The van der Waals surface area contributed by atoms with E-state index in [0.717, 1.165) is 12.0 Å². The molecule has 0 aliphatic rings. The number of sulfonamides is 1. The number of anilines is 1. The topological polar surface area (TPSA) is 115 Å². The smallest absolute Gasteiger partial charge is 0.257 e. The summed E-state index contributed by atoms with van der Waals surface area (Å²) in [6, 6.07) is 10.0. The average Bonchev–Trinajstić information content (AvgIpc) is 3.20. The summed E-state index contributed by atoms with van der Waals surface area (Å²) in [7, 11) is -2.25. The van der Waals surface area contributed by atoms with Crippen molar-refractivity contribution in [2.24, 2.45) is 0 Å². The van der Waals surface area contributed by atoms with Crippen LogP contribution in [0.2, 0.25) is 0 Å². The van der Waals surface area contributed by atoms with Gasteiger partial charge in [-0.2, -0.15) is 5.10 Å². The number of hydrogen-bond donors (Lipinski definition) is 2. The summed E-state index contributed by atoms with van der Waals surface area (Å²) in [5.41, 5.74) is 2.07. The van der Waals surface area contributed by atoms with Crippen LogP contribution in [0.15, 0.2) is 59.9 Å². The van der Waals surface area contributed by atoms with Crippen molar-refractivity contribution in [3.8, 4) is 0 Å². The lowest BCUT2D eigenvalue weighted by molar-refractivity contribution is 0.102. The van der Waals surface area contributed by atoms with Crippen molar-refractivity contribution in [2.45, 2.75) is 24.8 Å². The molecule has 0 fully saturated rings. The molecule has 0 aliphatic carbocycles. The second kappa shape index (κ2) is 10.3. The van der Waals surface area contributed by atoms with E-state index in [1.807, 2.05) is 12.1 Å². The molecule has 2 N–H and O–H groups in total. The van der Waals surface area contributed by atoms with Crippen LogP contribution < -0.4 is 10.0 Å². The molecule has 0 bridgehead atoms. The number of nitrogens with one attached hydrogen (secondary N) is 2. The highest BCUT2D eigenvalue weighted by Gasteiger charge is 2.18. The summed E-state index contributed by atoms with van der Waals surface area (Å²) in [5.74, 6) is -0.0311. The van der Waals surface area contributed by atoms with Crippen molar-refractivity contribution in [3.63, 3.8) is 0 Å². The van der Waals surface area contributed by atoms with E-state index in [1.54, 1.807) is 42.3 Å². The van der Waals surface area contributed by atoms with Crippen LogP contribution >= 0.6 is 0 Å². The maximum absolute atomic E-state index is 12.8. The van der Waals surface area contributed by atoms with Gasteiger partial charge in [0.15, 0.2) is 5.82 Å². The quantitative estimate of drug-likeness (QED) is 0.463. The number of rotatable bonds is 10. The van der Waals surface area contributed by atoms with Gasteiger partial charge in [-0.25, -0.2) is 13.1 Å². The summed E-state index contributed by atoms with van der Waals surface area (Å²) in [5, 5.41) is 7.10. The fourth-order valence-corrected chi connectivity index (χ4v) is 3.94. The van der Waals surface area contributed by atoms with Crippen molar-refractivity contribution in [2.75, 3.05) is 25.6 Å². The number of methoxy groups -OCH3 is 1. The van der Waals surface area contributed by atoms with Crippen LogP contribution in [0.1, 0.15) is 21.5 Å². The van der Waals surface area contributed by atoms with Crippen molar-refractivity contribution in [1.82, 2.24) is 19.5 Å². The van der Waals surface area contributed by atoms with E-state index < -0.39 is 15.9 Å². The predicted octanol–water partition coefficient (Wildman–Crippen LogP) is 2.01. The third-order valence-electron chi connectivity index (χ3n) is 4.62. The lowest BCUT2D eigenvalue weighted by Gasteiger charge is -2.10. The molecule has 1 aromatic carbocycles. The second-order valence-corrected chi connectivity index (χ2v) is 8.66. The summed E-state index contributed by atoms with van der Waals surface area (Å²) >= 11 is 0. The van der Waals surface area contributed by atoms with Crippen molar-refractivity contribution >= 4 is 21.7 Å². The van der Waals surface area contributed by atoms with Gasteiger partial charge in [0.05, 0.1) is 11.5 Å². The van der Waals surface area contributed by atoms with Crippen molar-refractivity contribution < 1.29 is 17.9 Å². The molecular formula is C21H25N5O4S. The molecule has 0 saturated heterocycles. The number of pyridine rings is 1. The Balaban J connectivity index is 1.67. The first-order valence-electron chi connectivity index (χ1n) is 9.72. The molecule has 0 radical (unpaired) electrons. The lowest BCUT2D eigenvalue weighted by atomic mass is 10.1. The van der Waals surface area contributed by atoms with Gasteiger partial charge < -0.3 is 10.1 Å². The van der Waals surface area contributed by atoms with Crippen LogP contribution in [0.4, 0.5) is 5.82 Å². The van der Waals surface area contributed by atoms with E-state index in [-0.39, 0.29) is 23.6 Å². The average molecular weight is 444 g/mol. The van der Waals surface area contributed by atoms with Crippen LogP contribution in [0, 0.1) is 6.92 Å². The largest absolute Gasteiger partial charge is 0.383 e. The maximum atomic E-state index is 12.8. The predicted molar refractivity (Wildman–Crippen MR) is 116 cm³/mol. The van der Waals surface area contributed by atoms with Crippen LogP contribution in [-0.4, -0.2) is 49.4 Å². The molecule has 3 aromatic rings. The Morgan fingerprint density at radius 2 is 1.94 bits per heavy atom. The van der Waals surface area contributed by atoms with E-state index in [1.165, 1.54) is 19.2 Å². The Labute approximate surface area is 181 Å².